The Bertz CT molecular complexity index is 680. The highest BCUT2D eigenvalue weighted by molar-refractivity contribution is 6.32. The van der Waals surface area contributed by atoms with Crippen molar-refractivity contribution in [1.82, 2.24) is 20.4 Å². The maximum absolute atomic E-state index is 6.17. The van der Waals surface area contributed by atoms with Crippen molar-refractivity contribution < 1.29 is 9.26 Å². The van der Waals surface area contributed by atoms with Crippen molar-refractivity contribution >= 4 is 24.0 Å². The van der Waals surface area contributed by atoms with Crippen molar-refractivity contribution in [2.45, 2.75) is 26.0 Å². The zero-order valence-electron chi connectivity index (χ0n) is 14.0. The molecule has 132 valence electrons. The largest absolute Gasteiger partial charge is 0.479 e. The Labute approximate surface area is 152 Å². The van der Waals surface area contributed by atoms with Crippen LogP contribution in [0.1, 0.15) is 36.3 Å². The molecule has 0 saturated carbocycles. The summed E-state index contributed by atoms with van der Waals surface area (Å²) in [5.41, 5.74) is 1.08. The molecular weight excluding hydrogens is 351 g/mol. The molecule has 6 nitrogen and oxygen atoms in total. The van der Waals surface area contributed by atoms with Gasteiger partial charge in [0, 0.05) is 19.6 Å². The van der Waals surface area contributed by atoms with Crippen LogP contribution in [0.4, 0.5) is 0 Å². The minimum Gasteiger partial charge on any atom is -0.479 e. The van der Waals surface area contributed by atoms with Gasteiger partial charge in [0.05, 0.1) is 11.1 Å². The van der Waals surface area contributed by atoms with Gasteiger partial charge in [0.2, 0.25) is 0 Å². The molecule has 2 heterocycles. The third kappa shape index (κ3) is 4.19. The van der Waals surface area contributed by atoms with E-state index in [2.05, 4.69) is 27.4 Å². The molecule has 0 spiro atoms. The van der Waals surface area contributed by atoms with E-state index in [1.807, 2.05) is 32.0 Å². The molecule has 0 aliphatic carbocycles. The normalized spacial score (nSPS) is 19.6. The summed E-state index contributed by atoms with van der Waals surface area (Å²) in [5, 5.41) is 8.02. The van der Waals surface area contributed by atoms with Crippen LogP contribution < -0.4 is 10.1 Å². The molecule has 24 heavy (non-hydrogen) atoms. The van der Waals surface area contributed by atoms with E-state index in [0.29, 0.717) is 22.5 Å². The monoisotopic (exact) mass is 372 g/mol. The molecule has 0 amide bonds. The number of rotatable bonds is 4. The van der Waals surface area contributed by atoms with Gasteiger partial charge in [-0.15, -0.1) is 12.4 Å². The number of hydrogen-bond acceptors (Lipinski definition) is 6. The lowest BCUT2D eigenvalue weighted by molar-refractivity contribution is 0.173. The van der Waals surface area contributed by atoms with E-state index in [0.717, 1.165) is 25.2 Å². The second-order valence-corrected chi connectivity index (χ2v) is 6.29. The summed E-state index contributed by atoms with van der Waals surface area (Å²) in [6.45, 7) is 6.61. The van der Waals surface area contributed by atoms with Crippen molar-refractivity contribution in [3.8, 4) is 5.75 Å². The fraction of sp³-hybridized carbons (Fsp3) is 0.500. The smallest absolute Gasteiger partial charge is 0.267 e. The molecule has 0 bridgehead atoms. The highest BCUT2D eigenvalue weighted by Crippen LogP contribution is 2.30. The van der Waals surface area contributed by atoms with E-state index in [-0.39, 0.29) is 24.6 Å². The molecule has 3 rings (SSSR count). The Morgan fingerprint density at radius 2 is 2.25 bits per heavy atom. The van der Waals surface area contributed by atoms with E-state index in [1.54, 1.807) is 0 Å². The Hall–Kier alpha value is -1.34. The van der Waals surface area contributed by atoms with Crippen LogP contribution in [-0.4, -0.2) is 41.7 Å². The molecule has 1 aliphatic rings. The van der Waals surface area contributed by atoms with E-state index in [1.165, 1.54) is 0 Å². The SMILES string of the molecule is Cc1ccc(Cl)c(OC(C)c2nc(C3CNCCN3C)no2)c1.Cl. The molecule has 1 aliphatic heterocycles. The summed E-state index contributed by atoms with van der Waals surface area (Å²) >= 11 is 6.17. The van der Waals surface area contributed by atoms with E-state index in [4.69, 9.17) is 20.9 Å². The topological polar surface area (TPSA) is 63.4 Å². The minimum absolute atomic E-state index is 0. The van der Waals surface area contributed by atoms with Gasteiger partial charge in [-0.25, -0.2) is 0 Å². The lowest BCUT2D eigenvalue weighted by Crippen LogP contribution is -2.44. The first-order chi connectivity index (χ1) is 11.0. The predicted molar refractivity (Wildman–Crippen MR) is 95.0 cm³/mol. The lowest BCUT2D eigenvalue weighted by Gasteiger charge is -2.30. The number of nitrogens with zero attached hydrogens (tertiary/aromatic N) is 3. The number of aryl methyl sites for hydroxylation is 1. The standard InChI is InChI=1S/C16H21ClN4O2.ClH/c1-10-4-5-12(17)14(8-10)22-11(2)16-19-15(20-23-16)13-9-18-6-7-21(13)3;/h4-5,8,11,13,18H,6-7,9H2,1-3H3;1H. The summed E-state index contributed by atoms with van der Waals surface area (Å²) in [4.78, 5) is 6.72. The summed E-state index contributed by atoms with van der Waals surface area (Å²) in [6.07, 6.45) is -0.364. The summed E-state index contributed by atoms with van der Waals surface area (Å²) < 4.78 is 11.3. The van der Waals surface area contributed by atoms with Crippen molar-refractivity contribution in [2.24, 2.45) is 0 Å². The second kappa shape index (κ2) is 8.16. The molecule has 1 fully saturated rings. The number of nitrogens with one attached hydrogen (secondary N) is 1. The lowest BCUT2D eigenvalue weighted by atomic mass is 10.2. The number of aromatic nitrogens is 2. The third-order valence-electron chi connectivity index (χ3n) is 4.00. The molecule has 0 radical (unpaired) electrons. The molecule has 2 atom stereocenters. The molecular formula is C16H22Cl2N4O2. The van der Waals surface area contributed by atoms with Crippen LogP contribution in [0.2, 0.25) is 5.02 Å². The first-order valence-electron chi connectivity index (χ1n) is 7.72. The first-order valence-corrected chi connectivity index (χ1v) is 8.09. The van der Waals surface area contributed by atoms with Gasteiger partial charge in [0.15, 0.2) is 11.9 Å². The average molecular weight is 373 g/mol. The van der Waals surface area contributed by atoms with Crippen LogP contribution in [0.15, 0.2) is 22.7 Å². The van der Waals surface area contributed by atoms with Crippen molar-refractivity contribution in [2.75, 3.05) is 26.7 Å². The van der Waals surface area contributed by atoms with Crippen LogP contribution >= 0.6 is 24.0 Å². The highest BCUT2D eigenvalue weighted by atomic mass is 35.5. The minimum atomic E-state index is -0.364. The molecule has 2 aromatic rings. The number of piperazine rings is 1. The summed E-state index contributed by atoms with van der Waals surface area (Å²) in [5.74, 6) is 1.76. The van der Waals surface area contributed by atoms with Crippen LogP contribution in [-0.2, 0) is 0 Å². The van der Waals surface area contributed by atoms with Crippen LogP contribution in [0, 0.1) is 6.92 Å². The van der Waals surface area contributed by atoms with Gasteiger partial charge in [0.1, 0.15) is 5.75 Å². The van der Waals surface area contributed by atoms with Gasteiger partial charge in [-0.1, -0.05) is 22.8 Å². The van der Waals surface area contributed by atoms with Gasteiger partial charge >= 0.3 is 0 Å². The zero-order chi connectivity index (χ0) is 16.4. The fourth-order valence-corrected chi connectivity index (χ4v) is 2.75. The second-order valence-electron chi connectivity index (χ2n) is 5.89. The van der Waals surface area contributed by atoms with Gasteiger partial charge in [-0.2, -0.15) is 4.98 Å². The number of halogens is 2. The van der Waals surface area contributed by atoms with Crippen LogP contribution in [0.25, 0.3) is 0 Å². The molecule has 1 N–H and O–H groups in total. The maximum Gasteiger partial charge on any atom is 0.267 e. The van der Waals surface area contributed by atoms with Crippen molar-refractivity contribution in [3.63, 3.8) is 0 Å². The Morgan fingerprint density at radius 1 is 1.46 bits per heavy atom. The Kier molecular flexibility index (Phi) is 6.46. The van der Waals surface area contributed by atoms with Crippen LogP contribution in [0.3, 0.4) is 0 Å². The van der Waals surface area contributed by atoms with E-state index in [9.17, 15) is 0 Å². The van der Waals surface area contributed by atoms with Crippen LogP contribution in [0.5, 0.6) is 5.75 Å². The predicted octanol–water partition coefficient (Wildman–Crippen LogP) is 3.17. The highest BCUT2D eigenvalue weighted by Gasteiger charge is 2.27. The molecule has 1 aromatic carbocycles. The van der Waals surface area contributed by atoms with Gasteiger partial charge < -0.3 is 14.6 Å². The number of benzene rings is 1. The Balaban J connectivity index is 0.00000208. The third-order valence-corrected chi connectivity index (χ3v) is 4.32. The Morgan fingerprint density at radius 3 is 3.00 bits per heavy atom. The van der Waals surface area contributed by atoms with E-state index < -0.39 is 0 Å². The van der Waals surface area contributed by atoms with Gasteiger partial charge in [-0.3, -0.25) is 4.90 Å². The number of ether oxygens (including phenoxy) is 1. The molecule has 8 heteroatoms. The average Bonchev–Trinajstić information content (AvgIpc) is 3.01. The van der Waals surface area contributed by atoms with Crippen molar-refractivity contribution in [3.05, 3.63) is 40.5 Å². The van der Waals surface area contributed by atoms with Gasteiger partial charge in [0.25, 0.3) is 5.89 Å². The van der Waals surface area contributed by atoms with E-state index >= 15 is 0 Å². The first kappa shape index (κ1) is 19.0. The molecule has 1 aromatic heterocycles. The quantitative estimate of drug-likeness (QED) is 0.888. The number of likely N-dealkylation sites (N-methyl/N-ethyl adjacent to an activating group) is 1. The van der Waals surface area contributed by atoms with Gasteiger partial charge in [-0.05, 0) is 38.6 Å². The molecule has 1 saturated heterocycles. The number of hydrogen-bond donors (Lipinski definition) is 1. The van der Waals surface area contributed by atoms with Crippen molar-refractivity contribution in [1.29, 1.82) is 0 Å². The fourth-order valence-electron chi connectivity index (χ4n) is 2.58. The summed E-state index contributed by atoms with van der Waals surface area (Å²) in [6, 6.07) is 5.78. The molecule has 2 unspecified atom stereocenters. The zero-order valence-corrected chi connectivity index (χ0v) is 15.5. The maximum atomic E-state index is 6.17. The summed E-state index contributed by atoms with van der Waals surface area (Å²) in [7, 11) is 2.06.